The van der Waals surface area contributed by atoms with Crippen LogP contribution in [0.1, 0.15) is 32.4 Å². The molecule has 1 aromatic rings. The number of nitrogens with zero attached hydrogens (tertiary/aromatic N) is 1. The minimum atomic E-state index is 0.410. The summed E-state index contributed by atoms with van der Waals surface area (Å²) < 4.78 is 0. The Kier molecular flexibility index (Phi) is 3.23. The van der Waals surface area contributed by atoms with Crippen molar-refractivity contribution in [1.82, 2.24) is 10.3 Å². The Morgan fingerprint density at radius 3 is 2.25 bits per heavy atom. The molecule has 1 N–H and O–H groups in total. The van der Waals surface area contributed by atoms with E-state index in [1.807, 2.05) is 24.5 Å². The molecule has 0 saturated heterocycles. The minimum absolute atomic E-state index is 0.410. The lowest BCUT2D eigenvalue weighted by molar-refractivity contribution is 0.506. The van der Waals surface area contributed by atoms with Crippen molar-refractivity contribution in [2.24, 2.45) is 0 Å². The first-order valence-corrected chi connectivity index (χ1v) is 4.36. The molecule has 1 rings (SSSR count). The number of aromatic nitrogens is 1. The van der Waals surface area contributed by atoms with Gasteiger partial charge in [0.25, 0.3) is 0 Å². The van der Waals surface area contributed by atoms with Gasteiger partial charge in [-0.05, 0) is 24.6 Å². The van der Waals surface area contributed by atoms with E-state index in [9.17, 15) is 0 Å². The molecule has 0 saturated carbocycles. The first-order chi connectivity index (χ1) is 5.70. The van der Waals surface area contributed by atoms with Crippen LogP contribution in [-0.2, 0) is 0 Å². The molecule has 0 aliphatic carbocycles. The molecule has 0 radical (unpaired) electrons. The maximum atomic E-state index is 3.98. The van der Waals surface area contributed by atoms with Gasteiger partial charge in [0.15, 0.2) is 0 Å². The highest BCUT2D eigenvalue weighted by Gasteiger charge is 2.04. The number of rotatable bonds is 3. The number of nitrogens with one attached hydrogen (secondary N) is 1. The SMILES string of the molecule is CC(C)N[C@H](C)c1ccncc1. The second kappa shape index (κ2) is 4.21. The fourth-order valence-corrected chi connectivity index (χ4v) is 1.25. The molecule has 0 aliphatic rings. The zero-order valence-corrected chi connectivity index (χ0v) is 7.91. The molecular formula is C10H16N2. The Hall–Kier alpha value is -0.890. The molecule has 1 atom stereocenters. The Morgan fingerprint density at radius 2 is 1.75 bits per heavy atom. The van der Waals surface area contributed by atoms with E-state index < -0.39 is 0 Å². The van der Waals surface area contributed by atoms with E-state index in [0.717, 1.165) is 0 Å². The Morgan fingerprint density at radius 1 is 1.17 bits per heavy atom. The van der Waals surface area contributed by atoms with Gasteiger partial charge < -0.3 is 5.32 Å². The van der Waals surface area contributed by atoms with Crippen molar-refractivity contribution < 1.29 is 0 Å². The average Bonchev–Trinajstić information content (AvgIpc) is 2.05. The molecule has 0 bridgehead atoms. The van der Waals surface area contributed by atoms with Gasteiger partial charge in [0.2, 0.25) is 0 Å². The van der Waals surface area contributed by atoms with Crippen LogP contribution in [0, 0.1) is 0 Å². The lowest BCUT2D eigenvalue weighted by Crippen LogP contribution is -2.25. The maximum absolute atomic E-state index is 3.98. The molecular weight excluding hydrogens is 148 g/mol. The average molecular weight is 164 g/mol. The molecule has 1 aromatic heterocycles. The van der Waals surface area contributed by atoms with Crippen LogP contribution >= 0.6 is 0 Å². The van der Waals surface area contributed by atoms with Crippen LogP contribution in [-0.4, -0.2) is 11.0 Å². The highest BCUT2D eigenvalue weighted by atomic mass is 14.9. The van der Waals surface area contributed by atoms with Gasteiger partial charge >= 0.3 is 0 Å². The van der Waals surface area contributed by atoms with Crippen molar-refractivity contribution in [1.29, 1.82) is 0 Å². The molecule has 1 heterocycles. The summed E-state index contributed by atoms with van der Waals surface area (Å²) in [4.78, 5) is 3.98. The molecule has 12 heavy (non-hydrogen) atoms. The fourth-order valence-electron chi connectivity index (χ4n) is 1.25. The Bertz CT molecular complexity index is 219. The van der Waals surface area contributed by atoms with E-state index in [1.165, 1.54) is 5.56 Å². The summed E-state index contributed by atoms with van der Waals surface area (Å²) in [5, 5.41) is 3.43. The van der Waals surface area contributed by atoms with Gasteiger partial charge in [0, 0.05) is 24.5 Å². The van der Waals surface area contributed by atoms with E-state index in [0.29, 0.717) is 12.1 Å². The molecule has 0 fully saturated rings. The standard InChI is InChI=1S/C10H16N2/c1-8(2)12-9(3)10-4-6-11-7-5-10/h4-9,12H,1-3H3/t9-/m1/s1. The zero-order valence-electron chi connectivity index (χ0n) is 7.91. The molecule has 0 aliphatic heterocycles. The molecule has 0 aromatic carbocycles. The monoisotopic (exact) mass is 164 g/mol. The first-order valence-electron chi connectivity index (χ1n) is 4.36. The maximum Gasteiger partial charge on any atom is 0.0295 e. The van der Waals surface area contributed by atoms with Crippen molar-refractivity contribution in [3.8, 4) is 0 Å². The molecule has 0 amide bonds. The fraction of sp³-hybridized carbons (Fsp3) is 0.500. The summed E-state index contributed by atoms with van der Waals surface area (Å²) in [7, 11) is 0. The molecule has 0 spiro atoms. The summed E-state index contributed by atoms with van der Waals surface area (Å²) in [5.74, 6) is 0. The second-order valence-corrected chi connectivity index (χ2v) is 3.32. The van der Waals surface area contributed by atoms with Crippen molar-refractivity contribution in [2.45, 2.75) is 32.9 Å². The third-order valence-electron chi connectivity index (χ3n) is 1.79. The van der Waals surface area contributed by atoms with Crippen LogP contribution in [0.25, 0.3) is 0 Å². The Labute approximate surface area is 74.0 Å². The van der Waals surface area contributed by atoms with E-state index in [2.05, 4.69) is 31.1 Å². The zero-order chi connectivity index (χ0) is 8.97. The topological polar surface area (TPSA) is 24.9 Å². The van der Waals surface area contributed by atoms with Crippen molar-refractivity contribution in [2.75, 3.05) is 0 Å². The molecule has 0 unspecified atom stereocenters. The predicted molar refractivity (Wildman–Crippen MR) is 50.9 cm³/mol. The van der Waals surface area contributed by atoms with E-state index in [1.54, 1.807) is 0 Å². The lowest BCUT2D eigenvalue weighted by Gasteiger charge is -2.16. The Balaban J connectivity index is 2.59. The number of hydrogen-bond acceptors (Lipinski definition) is 2. The number of pyridine rings is 1. The quantitative estimate of drug-likeness (QED) is 0.740. The summed E-state index contributed by atoms with van der Waals surface area (Å²) >= 11 is 0. The normalized spacial score (nSPS) is 13.3. The summed E-state index contributed by atoms with van der Waals surface area (Å²) in [6.07, 6.45) is 3.65. The van der Waals surface area contributed by atoms with Gasteiger partial charge in [-0.15, -0.1) is 0 Å². The smallest absolute Gasteiger partial charge is 0.0295 e. The largest absolute Gasteiger partial charge is 0.308 e. The van der Waals surface area contributed by atoms with Gasteiger partial charge in [-0.1, -0.05) is 13.8 Å². The van der Waals surface area contributed by atoms with Gasteiger partial charge in [-0.25, -0.2) is 0 Å². The van der Waals surface area contributed by atoms with Crippen molar-refractivity contribution in [3.63, 3.8) is 0 Å². The summed E-state index contributed by atoms with van der Waals surface area (Å²) in [6.45, 7) is 6.46. The molecule has 2 nitrogen and oxygen atoms in total. The van der Waals surface area contributed by atoms with Crippen LogP contribution in [0.2, 0.25) is 0 Å². The van der Waals surface area contributed by atoms with E-state index in [-0.39, 0.29) is 0 Å². The van der Waals surface area contributed by atoms with Crippen LogP contribution < -0.4 is 5.32 Å². The second-order valence-electron chi connectivity index (χ2n) is 3.32. The third kappa shape index (κ3) is 2.62. The molecule has 66 valence electrons. The van der Waals surface area contributed by atoms with Crippen LogP contribution in [0.4, 0.5) is 0 Å². The third-order valence-corrected chi connectivity index (χ3v) is 1.79. The summed E-state index contributed by atoms with van der Waals surface area (Å²) in [6, 6.07) is 5.02. The first kappa shape index (κ1) is 9.20. The van der Waals surface area contributed by atoms with Gasteiger partial charge in [-0.2, -0.15) is 0 Å². The van der Waals surface area contributed by atoms with Gasteiger partial charge in [0.1, 0.15) is 0 Å². The van der Waals surface area contributed by atoms with Crippen LogP contribution in [0.15, 0.2) is 24.5 Å². The predicted octanol–water partition coefficient (Wildman–Crippen LogP) is 2.14. The van der Waals surface area contributed by atoms with Crippen LogP contribution in [0.3, 0.4) is 0 Å². The van der Waals surface area contributed by atoms with Gasteiger partial charge in [-0.3, -0.25) is 4.98 Å². The van der Waals surface area contributed by atoms with Crippen molar-refractivity contribution in [3.05, 3.63) is 30.1 Å². The minimum Gasteiger partial charge on any atom is -0.308 e. The number of hydrogen-bond donors (Lipinski definition) is 1. The van der Waals surface area contributed by atoms with Crippen molar-refractivity contribution >= 4 is 0 Å². The highest BCUT2D eigenvalue weighted by Crippen LogP contribution is 2.10. The molecule has 2 heteroatoms. The summed E-state index contributed by atoms with van der Waals surface area (Å²) in [5.41, 5.74) is 1.29. The highest BCUT2D eigenvalue weighted by molar-refractivity contribution is 5.13. The lowest BCUT2D eigenvalue weighted by atomic mass is 10.1. The van der Waals surface area contributed by atoms with Crippen LogP contribution in [0.5, 0.6) is 0 Å². The van der Waals surface area contributed by atoms with Gasteiger partial charge in [0.05, 0.1) is 0 Å². The van der Waals surface area contributed by atoms with E-state index >= 15 is 0 Å². The van der Waals surface area contributed by atoms with E-state index in [4.69, 9.17) is 0 Å².